The minimum Gasteiger partial charge on any atom is -0.550 e. The molecule has 0 bridgehead atoms. The van der Waals surface area contributed by atoms with Gasteiger partial charge in [-0.3, -0.25) is 0 Å². The molecule has 0 aliphatic heterocycles. The second kappa shape index (κ2) is 4.84. The van der Waals surface area contributed by atoms with E-state index in [1.54, 1.807) is 0 Å². The number of rotatable bonds is 3. The Bertz CT molecular complexity index is 487. The van der Waals surface area contributed by atoms with Crippen molar-refractivity contribution in [3.05, 3.63) is 42.0 Å². The van der Waals surface area contributed by atoms with Gasteiger partial charge in [0.2, 0.25) is 0 Å². The lowest BCUT2D eigenvalue weighted by molar-refractivity contribution is -0.323. The van der Waals surface area contributed by atoms with Crippen LogP contribution in [0.2, 0.25) is 0 Å². The van der Waals surface area contributed by atoms with Crippen LogP contribution in [0.3, 0.4) is 0 Å². The largest absolute Gasteiger partial charge is 0.550 e. The number of allylic oxidation sites excluding steroid dienone is 1. The Morgan fingerprint density at radius 2 is 1.89 bits per heavy atom. The van der Waals surface area contributed by atoms with Crippen molar-refractivity contribution in [3.63, 3.8) is 0 Å². The average molecular weight is 257 g/mol. The van der Waals surface area contributed by atoms with Crippen molar-refractivity contribution in [2.75, 3.05) is 0 Å². The quantitative estimate of drug-likeness (QED) is 0.835. The highest BCUT2D eigenvalue weighted by Crippen LogP contribution is 2.56. The zero-order valence-electron chi connectivity index (χ0n) is 11.8. The molecule has 2 rings (SSSR count). The molecule has 0 radical (unpaired) electrons. The van der Waals surface area contributed by atoms with Crippen LogP contribution < -0.4 is 5.11 Å². The Morgan fingerprint density at radius 3 is 2.42 bits per heavy atom. The van der Waals surface area contributed by atoms with Gasteiger partial charge in [0.1, 0.15) is 0 Å². The Labute approximate surface area is 115 Å². The van der Waals surface area contributed by atoms with Gasteiger partial charge in [-0.2, -0.15) is 0 Å². The molecule has 102 valence electrons. The maximum Gasteiger partial charge on any atom is 0.0479 e. The van der Waals surface area contributed by atoms with Crippen LogP contribution in [0.4, 0.5) is 0 Å². The highest BCUT2D eigenvalue weighted by Gasteiger charge is 2.51. The van der Waals surface area contributed by atoms with Crippen LogP contribution in [-0.2, 0) is 4.79 Å². The molecule has 1 aliphatic carbocycles. The molecule has 1 fully saturated rings. The number of benzene rings is 1. The molecule has 0 N–H and O–H groups in total. The van der Waals surface area contributed by atoms with Crippen molar-refractivity contribution in [2.24, 2.45) is 16.7 Å². The summed E-state index contributed by atoms with van der Waals surface area (Å²) in [4.78, 5) is 11.4. The van der Waals surface area contributed by atoms with E-state index in [4.69, 9.17) is 0 Å². The molecule has 2 atom stereocenters. The van der Waals surface area contributed by atoms with Gasteiger partial charge in [0.05, 0.1) is 0 Å². The lowest BCUT2D eigenvalue weighted by Crippen LogP contribution is -2.47. The maximum absolute atomic E-state index is 11.4. The minimum absolute atomic E-state index is 0.274. The molecule has 0 aromatic heterocycles. The van der Waals surface area contributed by atoms with E-state index in [1.165, 1.54) is 0 Å². The monoisotopic (exact) mass is 257 g/mol. The predicted octanol–water partition coefficient (Wildman–Crippen LogP) is 2.89. The highest BCUT2D eigenvalue weighted by molar-refractivity contribution is 5.74. The van der Waals surface area contributed by atoms with Gasteiger partial charge in [-0.15, -0.1) is 0 Å². The van der Waals surface area contributed by atoms with Crippen molar-refractivity contribution in [1.82, 2.24) is 0 Å². The summed E-state index contributed by atoms with van der Waals surface area (Å²) in [5.74, 6) is -0.649. The molecule has 1 saturated carbocycles. The maximum atomic E-state index is 11.4. The van der Waals surface area contributed by atoms with E-state index >= 15 is 0 Å². The summed E-state index contributed by atoms with van der Waals surface area (Å²) in [6.45, 7) is 5.89. The summed E-state index contributed by atoms with van der Waals surface area (Å²) < 4.78 is 0. The van der Waals surface area contributed by atoms with Crippen molar-refractivity contribution in [1.29, 1.82) is 0 Å². The first kappa shape index (κ1) is 13.9. The van der Waals surface area contributed by atoms with E-state index in [2.05, 4.69) is 24.3 Å². The first-order valence-corrected chi connectivity index (χ1v) is 6.82. The summed E-state index contributed by atoms with van der Waals surface area (Å²) in [6, 6.07) is 10.1. The van der Waals surface area contributed by atoms with Gasteiger partial charge in [0.15, 0.2) is 0 Å². The number of carboxylic acids is 1. The first-order valence-electron chi connectivity index (χ1n) is 6.82. The van der Waals surface area contributed by atoms with Crippen LogP contribution in [0.1, 0.15) is 39.2 Å². The van der Waals surface area contributed by atoms with Crippen LogP contribution in [0.15, 0.2) is 36.4 Å². The molecule has 0 spiro atoms. The SMILES string of the molecule is CC1(C(=O)[O-])CCC(C=Cc2ccccc2)C1(C)C. The number of carbonyl (C=O) groups is 1. The van der Waals surface area contributed by atoms with Crippen LogP contribution in [0, 0.1) is 16.7 Å². The van der Waals surface area contributed by atoms with Gasteiger partial charge >= 0.3 is 0 Å². The molecule has 2 heteroatoms. The lowest BCUT2D eigenvalue weighted by atomic mass is 9.65. The lowest BCUT2D eigenvalue weighted by Gasteiger charge is -2.41. The summed E-state index contributed by atoms with van der Waals surface area (Å²) in [6.07, 6.45) is 5.84. The zero-order valence-corrected chi connectivity index (χ0v) is 11.8. The van der Waals surface area contributed by atoms with Crippen molar-refractivity contribution in [2.45, 2.75) is 33.6 Å². The normalized spacial score (nSPS) is 29.7. The Kier molecular flexibility index (Phi) is 3.53. The van der Waals surface area contributed by atoms with E-state index in [0.717, 1.165) is 12.0 Å². The molecule has 2 nitrogen and oxygen atoms in total. The third kappa shape index (κ3) is 2.32. The smallest absolute Gasteiger partial charge is 0.0479 e. The second-order valence-corrected chi connectivity index (χ2v) is 6.26. The molecule has 0 heterocycles. The van der Waals surface area contributed by atoms with E-state index in [9.17, 15) is 9.90 Å². The fraction of sp³-hybridized carbons (Fsp3) is 0.471. The predicted molar refractivity (Wildman–Crippen MR) is 75.1 cm³/mol. The molecule has 19 heavy (non-hydrogen) atoms. The molecule has 1 aromatic rings. The number of aliphatic carboxylic acids is 1. The third-order valence-corrected chi connectivity index (χ3v) is 5.08. The third-order valence-electron chi connectivity index (χ3n) is 5.08. The average Bonchev–Trinajstić information content (AvgIpc) is 2.61. The van der Waals surface area contributed by atoms with Crippen LogP contribution >= 0.6 is 0 Å². The summed E-state index contributed by atoms with van der Waals surface area (Å²) >= 11 is 0. The van der Waals surface area contributed by atoms with Gasteiger partial charge in [0.25, 0.3) is 0 Å². The second-order valence-electron chi connectivity index (χ2n) is 6.26. The van der Waals surface area contributed by atoms with Crippen molar-refractivity contribution in [3.8, 4) is 0 Å². The Balaban J connectivity index is 2.20. The van der Waals surface area contributed by atoms with Gasteiger partial charge < -0.3 is 9.90 Å². The standard InChI is InChI=1S/C17H22O2/c1-16(2)14(11-12-17(16,3)15(18)19)10-9-13-7-5-4-6-8-13/h4-10,14H,11-12H2,1-3H3,(H,18,19)/p-1. The van der Waals surface area contributed by atoms with E-state index in [0.29, 0.717) is 6.42 Å². The van der Waals surface area contributed by atoms with Gasteiger partial charge in [-0.1, -0.05) is 63.3 Å². The fourth-order valence-corrected chi connectivity index (χ4v) is 3.03. The number of hydrogen-bond donors (Lipinski definition) is 0. The van der Waals surface area contributed by atoms with Gasteiger partial charge in [-0.25, -0.2) is 0 Å². The summed E-state index contributed by atoms with van der Waals surface area (Å²) in [5, 5.41) is 11.4. The Hall–Kier alpha value is -1.57. The number of carbonyl (C=O) groups excluding carboxylic acids is 1. The number of carboxylic acid groups (broad SMARTS) is 1. The van der Waals surface area contributed by atoms with E-state index < -0.39 is 11.4 Å². The van der Waals surface area contributed by atoms with E-state index in [-0.39, 0.29) is 11.3 Å². The topological polar surface area (TPSA) is 40.1 Å². The van der Waals surface area contributed by atoms with Crippen molar-refractivity contribution >= 4 is 12.0 Å². The molecule has 1 aromatic carbocycles. The Morgan fingerprint density at radius 1 is 1.26 bits per heavy atom. The molecule has 1 aliphatic rings. The molecular weight excluding hydrogens is 236 g/mol. The van der Waals surface area contributed by atoms with Crippen LogP contribution in [-0.4, -0.2) is 5.97 Å². The fourth-order valence-electron chi connectivity index (χ4n) is 3.03. The minimum atomic E-state index is -0.923. The van der Waals surface area contributed by atoms with Gasteiger partial charge in [-0.05, 0) is 29.7 Å². The van der Waals surface area contributed by atoms with E-state index in [1.807, 2.05) is 39.0 Å². The molecule has 0 saturated heterocycles. The summed E-state index contributed by atoms with van der Waals surface area (Å²) in [5.41, 5.74) is 0.135. The van der Waals surface area contributed by atoms with Crippen LogP contribution in [0.25, 0.3) is 6.08 Å². The molecule has 0 amide bonds. The molecular formula is C17H21O2-. The van der Waals surface area contributed by atoms with Crippen LogP contribution in [0.5, 0.6) is 0 Å². The molecule has 2 unspecified atom stereocenters. The first-order chi connectivity index (χ1) is 8.88. The highest BCUT2D eigenvalue weighted by atomic mass is 16.4. The van der Waals surface area contributed by atoms with Gasteiger partial charge in [0, 0.05) is 11.4 Å². The zero-order chi connectivity index (χ0) is 14.1. The van der Waals surface area contributed by atoms with Crippen molar-refractivity contribution < 1.29 is 9.90 Å². The number of hydrogen-bond acceptors (Lipinski definition) is 2. The summed E-state index contributed by atoms with van der Waals surface area (Å²) in [7, 11) is 0.